The number of rotatable bonds is 7. The first kappa shape index (κ1) is 17.3. The monoisotopic (exact) mass is 296 g/mol. The van der Waals surface area contributed by atoms with E-state index in [1.54, 1.807) is 18.2 Å². The Balaban J connectivity index is 2.34. The molecule has 118 valence electrons. The van der Waals surface area contributed by atoms with Gasteiger partial charge >= 0.3 is 0 Å². The minimum Gasteiger partial charge on any atom is -0.494 e. The van der Waals surface area contributed by atoms with Crippen LogP contribution in [-0.2, 0) is 14.3 Å². The number of anilines is 2. The highest BCUT2D eigenvalue weighted by Gasteiger charge is 2.10. The van der Waals surface area contributed by atoms with Crippen LogP contribution in [0.15, 0.2) is 18.2 Å². The summed E-state index contributed by atoms with van der Waals surface area (Å²) in [5.74, 6) is 0.258. The van der Waals surface area contributed by atoms with E-state index < -0.39 is 0 Å². The van der Waals surface area contributed by atoms with Crippen LogP contribution in [0.25, 0.3) is 0 Å². The molecule has 0 bridgehead atoms. The van der Waals surface area contributed by atoms with Crippen molar-refractivity contribution in [1.29, 1.82) is 0 Å². The summed E-state index contributed by atoms with van der Waals surface area (Å²) in [6.45, 7) is 6.67. The van der Waals surface area contributed by atoms with Gasteiger partial charge in [-0.1, -0.05) is 0 Å². The molecule has 0 saturated heterocycles. The molecule has 1 rings (SSSR count). The van der Waals surface area contributed by atoms with Crippen molar-refractivity contribution >= 4 is 17.3 Å². The SMILES string of the molecule is COc1cc(N)ccc1NC(=O)COCCOC(C)(C)C. The molecule has 0 saturated carbocycles. The Labute approximate surface area is 125 Å². The van der Waals surface area contributed by atoms with E-state index in [1.807, 2.05) is 20.8 Å². The summed E-state index contributed by atoms with van der Waals surface area (Å²) in [7, 11) is 1.52. The van der Waals surface area contributed by atoms with Crippen LogP contribution in [0.5, 0.6) is 5.75 Å². The van der Waals surface area contributed by atoms with Crippen molar-refractivity contribution in [2.24, 2.45) is 0 Å². The quantitative estimate of drug-likeness (QED) is 0.594. The summed E-state index contributed by atoms with van der Waals surface area (Å²) in [5, 5.41) is 2.71. The molecule has 6 heteroatoms. The molecule has 3 N–H and O–H groups in total. The van der Waals surface area contributed by atoms with Gasteiger partial charge in [0, 0.05) is 11.8 Å². The second kappa shape index (κ2) is 7.85. The Morgan fingerprint density at radius 2 is 2.00 bits per heavy atom. The van der Waals surface area contributed by atoms with Crippen LogP contribution in [0, 0.1) is 0 Å². The molecule has 0 fully saturated rings. The van der Waals surface area contributed by atoms with Crippen LogP contribution < -0.4 is 15.8 Å². The first-order valence-electron chi connectivity index (χ1n) is 6.77. The Morgan fingerprint density at radius 3 is 2.62 bits per heavy atom. The topological polar surface area (TPSA) is 82.8 Å². The molecule has 0 aliphatic rings. The molecule has 1 amide bonds. The zero-order valence-corrected chi connectivity index (χ0v) is 13.1. The minimum absolute atomic E-state index is 0.0406. The van der Waals surface area contributed by atoms with Gasteiger partial charge in [0.25, 0.3) is 0 Å². The fraction of sp³-hybridized carbons (Fsp3) is 0.533. The summed E-state index contributed by atoms with van der Waals surface area (Å²) in [6.07, 6.45) is 0. The maximum Gasteiger partial charge on any atom is 0.250 e. The second-order valence-corrected chi connectivity index (χ2v) is 5.52. The Kier molecular flexibility index (Phi) is 6.45. The van der Waals surface area contributed by atoms with Crippen LogP contribution in [0.3, 0.4) is 0 Å². The van der Waals surface area contributed by atoms with Crippen molar-refractivity contribution in [1.82, 2.24) is 0 Å². The normalized spacial score (nSPS) is 11.2. The lowest BCUT2D eigenvalue weighted by atomic mass is 10.2. The zero-order valence-electron chi connectivity index (χ0n) is 13.1. The summed E-state index contributed by atoms with van der Waals surface area (Å²) >= 11 is 0. The molecule has 21 heavy (non-hydrogen) atoms. The molecular formula is C15H24N2O4. The number of methoxy groups -OCH3 is 1. The number of ether oxygens (including phenoxy) is 3. The molecule has 1 aromatic rings. The highest BCUT2D eigenvalue weighted by molar-refractivity contribution is 5.93. The van der Waals surface area contributed by atoms with E-state index in [0.717, 1.165) is 0 Å². The number of hydrogen-bond acceptors (Lipinski definition) is 5. The summed E-state index contributed by atoms with van der Waals surface area (Å²) < 4.78 is 15.9. The van der Waals surface area contributed by atoms with Crippen molar-refractivity contribution in [3.8, 4) is 5.75 Å². The molecule has 0 aromatic heterocycles. The highest BCUT2D eigenvalue weighted by atomic mass is 16.5. The third-order valence-electron chi connectivity index (χ3n) is 2.50. The van der Waals surface area contributed by atoms with Gasteiger partial charge in [0.2, 0.25) is 5.91 Å². The molecule has 0 spiro atoms. The molecule has 0 radical (unpaired) electrons. The lowest BCUT2D eigenvalue weighted by Gasteiger charge is -2.19. The van der Waals surface area contributed by atoms with E-state index in [9.17, 15) is 4.79 Å². The predicted octanol–water partition coefficient (Wildman–Crippen LogP) is 2.05. The van der Waals surface area contributed by atoms with Crippen molar-refractivity contribution < 1.29 is 19.0 Å². The number of hydrogen-bond donors (Lipinski definition) is 2. The molecule has 0 heterocycles. The van der Waals surface area contributed by atoms with Crippen LogP contribution in [-0.4, -0.2) is 38.4 Å². The fourth-order valence-electron chi connectivity index (χ4n) is 1.57. The average molecular weight is 296 g/mol. The van der Waals surface area contributed by atoms with Crippen LogP contribution >= 0.6 is 0 Å². The summed E-state index contributed by atoms with van der Waals surface area (Å²) in [6, 6.07) is 5.03. The highest BCUT2D eigenvalue weighted by Crippen LogP contribution is 2.26. The van der Waals surface area contributed by atoms with E-state index in [4.69, 9.17) is 19.9 Å². The van der Waals surface area contributed by atoms with Crippen molar-refractivity contribution in [3.63, 3.8) is 0 Å². The van der Waals surface area contributed by atoms with E-state index in [2.05, 4.69) is 5.32 Å². The van der Waals surface area contributed by atoms with Crippen LogP contribution in [0.1, 0.15) is 20.8 Å². The second-order valence-electron chi connectivity index (χ2n) is 5.52. The Hall–Kier alpha value is -1.79. The average Bonchev–Trinajstić information content (AvgIpc) is 2.39. The van der Waals surface area contributed by atoms with Gasteiger partial charge in [-0.25, -0.2) is 0 Å². The van der Waals surface area contributed by atoms with E-state index >= 15 is 0 Å². The Morgan fingerprint density at radius 1 is 1.29 bits per heavy atom. The smallest absolute Gasteiger partial charge is 0.250 e. The van der Waals surface area contributed by atoms with Gasteiger partial charge in [0.15, 0.2) is 0 Å². The van der Waals surface area contributed by atoms with Gasteiger partial charge in [-0.15, -0.1) is 0 Å². The first-order chi connectivity index (χ1) is 9.81. The van der Waals surface area contributed by atoms with Gasteiger partial charge in [-0.3, -0.25) is 4.79 Å². The maximum atomic E-state index is 11.8. The molecular weight excluding hydrogens is 272 g/mol. The molecule has 0 aliphatic heterocycles. The van der Waals surface area contributed by atoms with Crippen molar-refractivity contribution in [2.45, 2.75) is 26.4 Å². The van der Waals surface area contributed by atoms with Gasteiger partial charge in [0.1, 0.15) is 12.4 Å². The number of nitrogens with one attached hydrogen (secondary N) is 1. The molecule has 0 unspecified atom stereocenters. The summed E-state index contributed by atoms with van der Waals surface area (Å²) in [4.78, 5) is 11.8. The van der Waals surface area contributed by atoms with Gasteiger partial charge in [0.05, 0.1) is 31.6 Å². The maximum absolute atomic E-state index is 11.8. The van der Waals surface area contributed by atoms with Crippen molar-refractivity contribution in [2.75, 3.05) is 38.0 Å². The largest absolute Gasteiger partial charge is 0.494 e. The molecule has 6 nitrogen and oxygen atoms in total. The summed E-state index contributed by atoms with van der Waals surface area (Å²) in [5.41, 5.74) is 6.58. The number of amides is 1. The fourth-order valence-corrected chi connectivity index (χ4v) is 1.57. The van der Waals surface area contributed by atoms with Gasteiger partial charge < -0.3 is 25.3 Å². The number of carbonyl (C=O) groups is 1. The molecule has 0 atom stereocenters. The third-order valence-corrected chi connectivity index (χ3v) is 2.50. The number of nitrogen functional groups attached to an aromatic ring is 1. The lowest BCUT2D eigenvalue weighted by molar-refractivity contribution is -0.121. The first-order valence-corrected chi connectivity index (χ1v) is 6.77. The van der Waals surface area contributed by atoms with Crippen LogP contribution in [0.2, 0.25) is 0 Å². The standard InChI is InChI=1S/C15H24N2O4/c1-15(2,3)21-8-7-20-10-14(18)17-12-6-5-11(16)9-13(12)19-4/h5-6,9H,7-8,10,16H2,1-4H3,(H,17,18). The lowest BCUT2D eigenvalue weighted by Crippen LogP contribution is -2.24. The third kappa shape index (κ3) is 6.97. The van der Waals surface area contributed by atoms with E-state index in [1.165, 1.54) is 7.11 Å². The van der Waals surface area contributed by atoms with E-state index in [-0.39, 0.29) is 18.1 Å². The Bertz CT molecular complexity index is 469. The molecule has 1 aromatic carbocycles. The van der Waals surface area contributed by atoms with Crippen LogP contribution in [0.4, 0.5) is 11.4 Å². The van der Waals surface area contributed by atoms with Gasteiger partial charge in [-0.2, -0.15) is 0 Å². The molecule has 0 aliphatic carbocycles. The number of benzene rings is 1. The predicted molar refractivity (Wildman–Crippen MR) is 82.6 cm³/mol. The van der Waals surface area contributed by atoms with E-state index in [0.29, 0.717) is 30.3 Å². The van der Waals surface area contributed by atoms with Gasteiger partial charge in [-0.05, 0) is 32.9 Å². The number of nitrogens with two attached hydrogens (primary N) is 1. The zero-order chi connectivity index (χ0) is 15.9. The minimum atomic E-state index is -0.256. The number of carbonyl (C=O) groups excluding carboxylic acids is 1. The van der Waals surface area contributed by atoms with Crippen molar-refractivity contribution in [3.05, 3.63) is 18.2 Å².